The lowest BCUT2D eigenvalue weighted by Gasteiger charge is -2.27. The van der Waals surface area contributed by atoms with E-state index in [0.29, 0.717) is 60.8 Å². The Morgan fingerprint density at radius 3 is 2.69 bits per heavy atom. The average Bonchev–Trinajstić information content (AvgIpc) is 3.59. The van der Waals surface area contributed by atoms with Crippen molar-refractivity contribution >= 4 is 45.5 Å². The summed E-state index contributed by atoms with van der Waals surface area (Å²) in [5, 5.41) is 7.05. The number of hydrogen-bond donors (Lipinski definition) is 1. The lowest BCUT2D eigenvalue weighted by atomic mass is 9.90. The van der Waals surface area contributed by atoms with Gasteiger partial charge in [0.1, 0.15) is 22.5 Å². The number of amides is 2. The Morgan fingerprint density at radius 1 is 1.10 bits per heavy atom. The largest absolute Gasteiger partial charge is 0.493 e. The number of hydrogen-bond acceptors (Lipinski definition) is 8. The predicted molar refractivity (Wildman–Crippen MR) is 165 cm³/mol. The summed E-state index contributed by atoms with van der Waals surface area (Å²) in [5.41, 5.74) is 1.79. The van der Waals surface area contributed by atoms with Crippen LogP contribution in [0.1, 0.15) is 43.7 Å². The average molecular weight is 592 g/mol. The first-order valence-electron chi connectivity index (χ1n) is 14.2. The fraction of sp³-hybridized carbons (Fsp3) is 0.419. The van der Waals surface area contributed by atoms with Gasteiger partial charge in [-0.2, -0.15) is 0 Å². The Hall–Kier alpha value is -3.96. The number of pyridine rings is 1. The zero-order valence-electron chi connectivity index (χ0n) is 24.7. The smallest absolute Gasteiger partial charge is 0.261 e. The van der Waals surface area contributed by atoms with Gasteiger partial charge in [-0.05, 0) is 64.9 Å². The summed E-state index contributed by atoms with van der Waals surface area (Å²) in [6.45, 7) is 10.0. The van der Waals surface area contributed by atoms with Gasteiger partial charge in [0.2, 0.25) is 11.8 Å². The van der Waals surface area contributed by atoms with E-state index >= 15 is 0 Å². The molecule has 11 heteroatoms. The maximum atomic E-state index is 13.0. The summed E-state index contributed by atoms with van der Waals surface area (Å²) in [5.74, 6) is 0.942. The molecule has 0 spiro atoms. The third-order valence-electron chi connectivity index (χ3n) is 7.55. The molecule has 0 unspecified atom stereocenters. The number of aryl methyl sites for hydroxylation is 3. The van der Waals surface area contributed by atoms with Crippen molar-refractivity contribution in [2.45, 2.75) is 53.6 Å². The number of benzene rings is 1. The van der Waals surface area contributed by atoms with E-state index in [4.69, 9.17) is 14.1 Å². The van der Waals surface area contributed by atoms with E-state index in [2.05, 4.69) is 5.32 Å². The van der Waals surface area contributed by atoms with Gasteiger partial charge in [0.25, 0.3) is 5.56 Å². The number of aromatic nitrogens is 2. The highest BCUT2D eigenvalue weighted by atomic mass is 32.1. The quantitative estimate of drug-likeness (QED) is 0.202. The van der Waals surface area contributed by atoms with Crippen LogP contribution in [0.25, 0.3) is 11.0 Å². The van der Waals surface area contributed by atoms with E-state index in [1.54, 1.807) is 58.9 Å². The van der Waals surface area contributed by atoms with Crippen LogP contribution in [0.15, 0.2) is 51.1 Å². The lowest BCUT2D eigenvalue weighted by molar-refractivity contribution is -0.137. The van der Waals surface area contributed by atoms with Crippen molar-refractivity contribution < 1.29 is 18.7 Å². The lowest BCUT2D eigenvalue weighted by Crippen LogP contribution is -2.47. The minimum atomic E-state index is -1.14. The number of anilines is 2. The standard InChI is InChI=1S/C31H37N5O5S/c1-6-36-24-9-8-22(17-25(24)34(5)29(38)31(3,4)30(36)39)40-15-7-12-32-18-21-19-42-27(33-21)11-14-35-13-10-26-23(28(35)37)16-20(2)41-26/h8-10,13,16-17,19,32H,6-7,11-12,14-15,18H2,1-5H3. The molecule has 10 nitrogen and oxygen atoms in total. The molecule has 0 saturated heterocycles. The molecule has 3 aromatic heterocycles. The molecule has 5 rings (SSSR count). The van der Waals surface area contributed by atoms with E-state index in [1.165, 1.54) is 0 Å². The fourth-order valence-corrected chi connectivity index (χ4v) is 6.00. The molecule has 4 heterocycles. The van der Waals surface area contributed by atoms with Crippen LogP contribution >= 0.6 is 11.3 Å². The van der Waals surface area contributed by atoms with Crippen molar-refractivity contribution in [3.05, 3.63) is 68.7 Å². The predicted octanol–water partition coefficient (Wildman–Crippen LogP) is 4.52. The summed E-state index contributed by atoms with van der Waals surface area (Å²) < 4.78 is 13.2. The number of nitrogens with zero attached hydrogens (tertiary/aromatic N) is 4. The number of carbonyl (C=O) groups excluding carboxylic acids is 2. The molecule has 0 bridgehead atoms. The van der Waals surface area contributed by atoms with Crippen molar-refractivity contribution in [3.63, 3.8) is 0 Å². The molecule has 2 amide bonds. The molecule has 1 aliphatic rings. The molecule has 0 saturated carbocycles. The summed E-state index contributed by atoms with van der Waals surface area (Å²) in [7, 11) is 1.70. The van der Waals surface area contributed by atoms with E-state index in [0.717, 1.165) is 29.4 Å². The molecular weight excluding hydrogens is 554 g/mol. The first kappa shape index (κ1) is 29.5. The third-order valence-corrected chi connectivity index (χ3v) is 8.51. The van der Waals surface area contributed by atoms with E-state index in [1.807, 2.05) is 43.5 Å². The molecule has 0 fully saturated rings. The minimum absolute atomic E-state index is 0.0432. The maximum absolute atomic E-state index is 13.0. The molecule has 0 aliphatic carbocycles. The summed E-state index contributed by atoms with van der Waals surface area (Å²) >= 11 is 1.60. The Kier molecular flexibility index (Phi) is 8.51. The number of carbonyl (C=O) groups is 2. The molecule has 1 N–H and O–H groups in total. The Morgan fingerprint density at radius 2 is 1.90 bits per heavy atom. The van der Waals surface area contributed by atoms with Gasteiger partial charge in [-0.25, -0.2) is 4.98 Å². The van der Waals surface area contributed by atoms with Gasteiger partial charge in [0.05, 0.1) is 34.1 Å². The van der Waals surface area contributed by atoms with Crippen LogP contribution in [0, 0.1) is 12.3 Å². The van der Waals surface area contributed by atoms with Gasteiger partial charge in [0.15, 0.2) is 0 Å². The van der Waals surface area contributed by atoms with Gasteiger partial charge in [-0.1, -0.05) is 0 Å². The monoisotopic (exact) mass is 591 g/mol. The third kappa shape index (κ3) is 5.84. The molecule has 0 radical (unpaired) electrons. The van der Waals surface area contributed by atoms with Crippen molar-refractivity contribution in [1.29, 1.82) is 0 Å². The van der Waals surface area contributed by atoms with Gasteiger partial charge < -0.3 is 28.8 Å². The van der Waals surface area contributed by atoms with Crippen molar-refractivity contribution in [1.82, 2.24) is 14.9 Å². The number of fused-ring (bicyclic) bond motifs is 2. The normalized spacial score (nSPS) is 14.9. The highest BCUT2D eigenvalue weighted by molar-refractivity contribution is 7.09. The number of thiazole rings is 1. The first-order chi connectivity index (χ1) is 20.1. The van der Waals surface area contributed by atoms with Crippen molar-refractivity contribution in [2.75, 3.05) is 36.5 Å². The minimum Gasteiger partial charge on any atom is -0.493 e. The second-order valence-electron chi connectivity index (χ2n) is 11.0. The van der Waals surface area contributed by atoms with Crippen LogP contribution in [-0.4, -0.2) is 48.1 Å². The van der Waals surface area contributed by atoms with E-state index < -0.39 is 5.41 Å². The highest BCUT2D eigenvalue weighted by Crippen LogP contribution is 2.40. The van der Waals surface area contributed by atoms with Crippen LogP contribution in [0.4, 0.5) is 11.4 Å². The molecule has 1 aliphatic heterocycles. The van der Waals surface area contributed by atoms with Crippen molar-refractivity contribution in [3.8, 4) is 5.75 Å². The SMILES string of the molecule is CCN1C(=O)C(C)(C)C(=O)N(C)c2cc(OCCCNCc3csc(CCn4ccc5oc(C)cc5c4=O)n3)ccc21. The second-order valence-corrected chi connectivity index (χ2v) is 11.9. The van der Waals surface area contributed by atoms with Crippen LogP contribution < -0.4 is 25.4 Å². The molecule has 4 aromatic rings. The Balaban J connectivity index is 1.08. The Bertz CT molecular complexity index is 1670. The summed E-state index contributed by atoms with van der Waals surface area (Å²) in [4.78, 5) is 46.7. The topological polar surface area (TPSA) is 110 Å². The van der Waals surface area contributed by atoms with E-state index in [-0.39, 0.29) is 17.4 Å². The fourth-order valence-electron chi connectivity index (χ4n) is 5.21. The Labute approximate surface area is 248 Å². The number of rotatable bonds is 11. The van der Waals surface area contributed by atoms with Crippen LogP contribution in [0.3, 0.4) is 0 Å². The summed E-state index contributed by atoms with van der Waals surface area (Å²) in [6.07, 6.45) is 3.24. The summed E-state index contributed by atoms with van der Waals surface area (Å²) in [6, 6.07) is 9.14. The second kappa shape index (κ2) is 12.1. The zero-order chi connectivity index (χ0) is 30.0. The number of furan rings is 1. The van der Waals surface area contributed by atoms with Gasteiger partial charge >= 0.3 is 0 Å². The van der Waals surface area contributed by atoms with Gasteiger partial charge in [-0.3, -0.25) is 14.4 Å². The van der Waals surface area contributed by atoms with Crippen LogP contribution in [-0.2, 0) is 29.1 Å². The molecular formula is C31H37N5O5S. The van der Waals surface area contributed by atoms with E-state index in [9.17, 15) is 14.4 Å². The number of ether oxygens (including phenoxy) is 1. The maximum Gasteiger partial charge on any atom is 0.261 e. The van der Waals surface area contributed by atoms with Crippen molar-refractivity contribution in [2.24, 2.45) is 5.41 Å². The highest BCUT2D eigenvalue weighted by Gasteiger charge is 2.45. The van der Waals surface area contributed by atoms with Crippen LogP contribution in [0.5, 0.6) is 5.75 Å². The molecule has 1 aromatic carbocycles. The molecule has 42 heavy (non-hydrogen) atoms. The number of nitrogens with one attached hydrogen (secondary N) is 1. The molecule has 222 valence electrons. The van der Waals surface area contributed by atoms with Gasteiger partial charge in [0, 0.05) is 50.7 Å². The van der Waals surface area contributed by atoms with Gasteiger partial charge in [-0.15, -0.1) is 11.3 Å². The van der Waals surface area contributed by atoms with Crippen LogP contribution in [0.2, 0.25) is 0 Å². The first-order valence-corrected chi connectivity index (χ1v) is 15.1. The zero-order valence-corrected chi connectivity index (χ0v) is 25.5. The molecule has 0 atom stereocenters.